The summed E-state index contributed by atoms with van der Waals surface area (Å²) in [6.07, 6.45) is -1.52. The molecular weight excluding hydrogens is 237 g/mol. The van der Waals surface area contributed by atoms with Crippen molar-refractivity contribution in [2.45, 2.75) is 32.4 Å². The average molecular weight is 255 g/mol. The maximum Gasteiger partial charge on any atom is 0.408 e. The minimum Gasteiger partial charge on any atom is -0.439 e. The minimum absolute atomic E-state index is 0.402. The first-order valence-corrected chi connectivity index (χ1v) is 5.67. The Kier molecular flexibility index (Phi) is 4.67. The van der Waals surface area contributed by atoms with Crippen molar-refractivity contribution < 1.29 is 19.0 Å². The number of rotatable bonds is 3. The van der Waals surface area contributed by atoms with Gasteiger partial charge in [-0.15, -0.1) is 0 Å². The Hall–Kier alpha value is -1.62. The highest BCUT2D eigenvalue weighted by Crippen LogP contribution is 2.18. The van der Waals surface area contributed by atoms with Gasteiger partial charge in [0.05, 0.1) is 6.61 Å². The Morgan fingerprint density at radius 3 is 2.67 bits per heavy atom. The number of aliphatic hydroxyl groups is 1. The zero-order valence-electron chi connectivity index (χ0n) is 10.7. The van der Waals surface area contributed by atoms with Gasteiger partial charge >= 0.3 is 6.09 Å². The molecule has 0 bridgehead atoms. The third kappa shape index (κ3) is 4.71. The number of aliphatic hydroxyl groups excluding tert-OH is 1. The average Bonchev–Trinajstić information content (AvgIpc) is 2.23. The van der Waals surface area contributed by atoms with Crippen LogP contribution in [0.1, 0.15) is 32.4 Å². The Labute approximate surface area is 106 Å². The van der Waals surface area contributed by atoms with Gasteiger partial charge in [0.15, 0.2) is 6.10 Å². The van der Waals surface area contributed by atoms with Crippen LogP contribution in [0.4, 0.5) is 9.18 Å². The second-order valence-electron chi connectivity index (χ2n) is 5.01. The number of hydrogen-bond donors (Lipinski definition) is 2. The lowest BCUT2D eigenvalue weighted by atomic mass is 10.1. The van der Waals surface area contributed by atoms with Crippen molar-refractivity contribution in [3.05, 3.63) is 35.6 Å². The van der Waals surface area contributed by atoms with E-state index in [9.17, 15) is 14.3 Å². The van der Waals surface area contributed by atoms with E-state index in [1.54, 1.807) is 6.07 Å². The fourth-order valence-electron chi connectivity index (χ4n) is 1.38. The Morgan fingerprint density at radius 1 is 1.50 bits per heavy atom. The first-order chi connectivity index (χ1) is 8.31. The summed E-state index contributed by atoms with van der Waals surface area (Å²) >= 11 is 0. The molecule has 0 heterocycles. The third-order valence-electron chi connectivity index (χ3n) is 2.11. The lowest BCUT2D eigenvalue weighted by Gasteiger charge is -2.23. The predicted molar refractivity (Wildman–Crippen MR) is 65.6 cm³/mol. The summed E-state index contributed by atoms with van der Waals surface area (Å²) in [7, 11) is 0. The van der Waals surface area contributed by atoms with E-state index < -0.39 is 30.2 Å². The molecule has 0 aliphatic carbocycles. The lowest BCUT2D eigenvalue weighted by molar-refractivity contribution is 0.0528. The molecule has 0 aliphatic rings. The van der Waals surface area contributed by atoms with Gasteiger partial charge in [0.2, 0.25) is 0 Å². The smallest absolute Gasteiger partial charge is 0.408 e. The molecule has 100 valence electrons. The number of alkyl carbamates (subject to hydrolysis) is 1. The molecule has 1 atom stereocenters. The van der Waals surface area contributed by atoms with E-state index in [0.717, 1.165) is 0 Å². The molecule has 0 aromatic heterocycles. The molecule has 4 nitrogen and oxygen atoms in total. The van der Waals surface area contributed by atoms with Gasteiger partial charge in [0, 0.05) is 5.54 Å². The van der Waals surface area contributed by atoms with Gasteiger partial charge in [0.1, 0.15) is 5.82 Å². The van der Waals surface area contributed by atoms with Crippen molar-refractivity contribution in [3.8, 4) is 0 Å². The summed E-state index contributed by atoms with van der Waals surface area (Å²) in [5, 5.41) is 11.8. The Morgan fingerprint density at radius 2 is 2.17 bits per heavy atom. The summed E-state index contributed by atoms with van der Waals surface area (Å²) < 4.78 is 18.1. The van der Waals surface area contributed by atoms with Gasteiger partial charge in [-0.25, -0.2) is 9.18 Å². The zero-order valence-corrected chi connectivity index (χ0v) is 10.7. The van der Waals surface area contributed by atoms with Gasteiger partial charge in [0.25, 0.3) is 0 Å². The number of carbonyl (C=O) groups is 1. The summed E-state index contributed by atoms with van der Waals surface area (Å²) in [5.74, 6) is -0.439. The number of carbonyl (C=O) groups excluding carboxylic acids is 1. The molecule has 0 fully saturated rings. The van der Waals surface area contributed by atoms with Crippen LogP contribution in [0.2, 0.25) is 0 Å². The van der Waals surface area contributed by atoms with Crippen LogP contribution in [0.25, 0.3) is 0 Å². The van der Waals surface area contributed by atoms with Crippen LogP contribution < -0.4 is 5.32 Å². The maximum atomic E-state index is 13.0. The Balaban J connectivity index is 2.71. The molecule has 0 saturated carbocycles. The van der Waals surface area contributed by atoms with E-state index in [0.29, 0.717) is 5.56 Å². The van der Waals surface area contributed by atoms with E-state index in [-0.39, 0.29) is 0 Å². The topological polar surface area (TPSA) is 58.6 Å². The summed E-state index contributed by atoms with van der Waals surface area (Å²) in [4.78, 5) is 11.5. The van der Waals surface area contributed by atoms with Crippen molar-refractivity contribution in [1.29, 1.82) is 0 Å². The highest BCUT2D eigenvalue weighted by atomic mass is 19.1. The highest BCUT2D eigenvalue weighted by Gasteiger charge is 2.20. The monoisotopic (exact) mass is 255 g/mol. The molecule has 0 unspecified atom stereocenters. The maximum absolute atomic E-state index is 13.0. The molecule has 0 aliphatic heterocycles. The lowest BCUT2D eigenvalue weighted by Crippen LogP contribution is -2.41. The number of nitrogens with one attached hydrogen (secondary N) is 1. The van der Waals surface area contributed by atoms with Crippen LogP contribution in [0, 0.1) is 5.82 Å². The predicted octanol–water partition coefficient (Wildman–Crippen LogP) is 2.38. The quantitative estimate of drug-likeness (QED) is 0.871. The van der Waals surface area contributed by atoms with Crippen LogP contribution in [-0.2, 0) is 4.74 Å². The molecule has 5 heteroatoms. The fourth-order valence-corrected chi connectivity index (χ4v) is 1.38. The van der Waals surface area contributed by atoms with Crippen LogP contribution in [-0.4, -0.2) is 23.3 Å². The third-order valence-corrected chi connectivity index (χ3v) is 2.11. The molecule has 1 rings (SSSR count). The molecule has 1 aromatic carbocycles. The van der Waals surface area contributed by atoms with Crippen LogP contribution in [0.5, 0.6) is 0 Å². The molecule has 1 aromatic rings. The van der Waals surface area contributed by atoms with Crippen LogP contribution >= 0.6 is 0 Å². The van der Waals surface area contributed by atoms with Crippen LogP contribution in [0.3, 0.4) is 0 Å². The number of benzene rings is 1. The summed E-state index contributed by atoms with van der Waals surface area (Å²) in [6.45, 7) is 5.03. The van der Waals surface area contributed by atoms with E-state index in [1.165, 1.54) is 18.2 Å². The summed E-state index contributed by atoms with van der Waals surface area (Å²) in [5.41, 5.74) is -0.0134. The van der Waals surface area contributed by atoms with E-state index >= 15 is 0 Å². The van der Waals surface area contributed by atoms with E-state index in [4.69, 9.17) is 4.74 Å². The summed E-state index contributed by atoms with van der Waals surface area (Å²) in [6, 6.07) is 5.60. The van der Waals surface area contributed by atoms with Crippen molar-refractivity contribution in [2.75, 3.05) is 6.61 Å². The molecule has 1 amide bonds. The first kappa shape index (κ1) is 14.4. The first-order valence-electron chi connectivity index (χ1n) is 5.67. The van der Waals surface area contributed by atoms with Gasteiger partial charge < -0.3 is 15.2 Å². The number of amides is 1. The van der Waals surface area contributed by atoms with Crippen LogP contribution in [0.15, 0.2) is 24.3 Å². The highest BCUT2D eigenvalue weighted by molar-refractivity contribution is 5.68. The number of hydrogen-bond acceptors (Lipinski definition) is 3. The van der Waals surface area contributed by atoms with Gasteiger partial charge in [-0.05, 0) is 38.5 Å². The van der Waals surface area contributed by atoms with Crippen molar-refractivity contribution in [2.24, 2.45) is 0 Å². The number of halogens is 1. The molecule has 18 heavy (non-hydrogen) atoms. The van der Waals surface area contributed by atoms with Crippen molar-refractivity contribution in [3.63, 3.8) is 0 Å². The largest absolute Gasteiger partial charge is 0.439 e. The number of ether oxygens (including phenoxy) is 1. The normalized spacial score (nSPS) is 12.9. The zero-order chi connectivity index (χ0) is 13.8. The fraction of sp³-hybridized carbons (Fsp3) is 0.462. The SMILES string of the molecule is CC(C)(C)NC(=O)O[C@H](CO)c1cccc(F)c1. The Bertz CT molecular complexity index is 415. The second-order valence-corrected chi connectivity index (χ2v) is 5.01. The molecule has 0 spiro atoms. The standard InChI is InChI=1S/C13H18FNO3/c1-13(2,3)15-12(17)18-11(8-16)9-5-4-6-10(14)7-9/h4-7,11,16H,8H2,1-3H3,(H,15,17)/t11-/m1/s1. The molecule has 0 radical (unpaired) electrons. The van der Waals surface area contributed by atoms with Gasteiger partial charge in [-0.2, -0.15) is 0 Å². The van der Waals surface area contributed by atoms with Gasteiger partial charge in [-0.3, -0.25) is 0 Å². The second kappa shape index (κ2) is 5.82. The van der Waals surface area contributed by atoms with Crippen molar-refractivity contribution >= 4 is 6.09 Å². The van der Waals surface area contributed by atoms with Crippen molar-refractivity contribution in [1.82, 2.24) is 5.32 Å². The molecule has 2 N–H and O–H groups in total. The minimum atomic E-state index is -0.872. The molecular formula is C13H18FNO3. The van der Waals surface area contributed by atoms with E-state index in [2.05, 4.69) is 5.32 Å². The van der Waals surface area contributed by atoms with E-state index in [1.807, 2.05) is 20.8 Å². The molecule has 0 saturated heterocycles. The van der Waals surface area contributed by atoms with Gasteiger partial charge in [-0.1, -0.05) is 12.1 Å².